The van der Waals surface area contributed by atoms with Gasteiger partial charge in [-0.2, -0.15) is 0 Å². The van der Waals surface area contributed by atoms with Gasteiger partial charge in [-0.3, -0.25) is 4.79 Å². The number of carbonyl (C=O) groups is 1. The van der Waals surface area contributed by atoms with E-state index in [2.05, 4.69) is 6.92 Å². The summed E-state index contributed by atoms with van der Waals surface area (Å²) in [5.74, 6) is 2.47. The average molecular weight is 206 g/mol. The molecule has 0 radical (unpaired) electrons. The molecular formula is C12H14O3. The minimum atomic E-state index is -0.697. The second-order valence-corrected chi connectivity index (χ2v) is 4.85. The fraction of sp³-hybridized carbons (Fsp3) is 0.583. The van der Waals surface area contributed by atoms with Crippen molar-refractivity contribution in [3.05, 3.63) is 23.7 Å². The summed E-state index contributed by atoms with van der Waals surface area (Å²) in [6, 6.07) is 3.97. The molecule has 0 aromatic carbocycles. The van der Waals surface area contributed by atoms with Crippen LogP contribution < -0.4 is 0 Å². The Morgan fingerprint density at radius 2 is 1.93 bits per heavy atom. The van der Waals surface area contributed by atoms with Crippen LogP contribution in [-0.2, 0) is 4.79 Å². The van der Waals surface area contributed by atoms with Crippen LogP contribution in [0.5, 0.6) is 0 Å². The average Bonchev–Trinajstić information content (AvgIpc) is 3.07. The van der Waals surface area contributed by atoms with Gasteiger partial charge in [-0.25, -0.2) is 0 Å². The summed E-state index contributed by atoms with van der Waals surface area (Å²) in [7, 11) is 0. The molecule has 4 atom stereocenters. The second kappa shape index (κ2) is 2.87. The van der Waals surface area contributed by atoms with Crippen LogP contribution in [0.15, 0.2) is 16.5 Å². The summed E-state index contributed by atoms with van der Waals surface area (Å²) in [5.41, 5.74) is 0. The van der Waals surface area contributed by atoms with E-state index in [0.29, 0.717) is 5.92 Å². The van der Waals surface area contributed by atoms with Crippen LogP contribution in [0.3, 0.4) is 0 Å². The van der Waals surface area contributed by atoms with Crippen molar-refractivity contribution in [2.75, 3.05) is 0 Å². The Morgan fingerprint density at radius 3 is 2.40 bits per heavy atom. The monoisotopic (exact) mass is 206 g/mol. The van der Waals surface area contributed by atoms with Crippen molar-refractivity contribution < 1.29 is 14.3 Å². The molecule has 0 unspecified atom stereocenters. The first kappa shape index (κ1) is 9.01. The molecule has 1 aromatic heterocycles. The van der Waals surface area contributed by atoms with Crippen molar-refractivity contribution in [2.45, 2.75) is 31.6 Å². The molecule has 3 rings (SSSR count). The number of furan rings is 1. The van der Waals surface area contributed by atoms with Gasteiger partial charge in [-0.1, -0.05) is 6.92 Å². The molecule has 0 spiro atoms. The first-order valence-corrected chi connectivity index (χ1v) is 5.49. The minimum Gasteiger partial charge on any atom is -0.481 e. The summed E-state index contributed by atoms with van der Waals surface area (Å²) in [5, 5.41) is 8.81. The maximum absolute atomic E-state index is 10.7. The van der Waals surface area contributed by atoms with Crippen molar-refractivity contribution in [3.8, 4) is 0 Å². The van der Waals surface area contributed by atoms with E-state index in [-0.39, 0.29) is 11.8 Å². The number of hydrogen-bond donors (Lipinski definition) is 1. The third kappa shape index (κ3) is 1.46. The Hall–Kier alpha value is -1.25. The van der Waals surface area contributed by atoms with E-state index in [4.69, 9.17) is 9.52 Å². The van der Waals surface area contributed by atoms with Crippen molar-refractivity contribution in [1.82, 2.24) is 0 Å². The Balaban J connectivity index is 1.72. The Labute approximate surface area is 88.1 Å². The second-order valence-electron chi connectivity index (χ2n) is 4.85. The van der Waals surface area contributed by atoms with Crippen molar-refractivity contribution in [1.29, 1.82) is 0 Å². The summed E-state index contributed by atoms with van der Waals surface area (Å²) in [6.07, 6.45) is 1.95. The molecule has 3 nitrogen and oxygen atoms in total. The molecule has 2 saturated carbocycles. The van der Waals surface area contributed by atoms with Gasteiger partial charge in [-0.15, -0.1) is 0 Å². The Bertz CT molecular complexity index is 407. The van der Waals surface area contributed by atoms with Crippen LogP contribution in [-0.4, -0.2) is 11.1 Å². The van der Waals surface area contributed by atoms with Crippen molar-refractivity contribution in [2.24, 2.45) is 11.8 Å². The number of aliphatic carboxylic acids is 1. The molecular weight excluding hydrogens is 192 g/mol. The predicted molar refractivity (Wildman–Crippen MR) is 53.7 cm³/mol. The van der Waals surface area contributed by atoms with Gasteiger partial charge in [-0.05, 0) is 30.9 Å². The molecule has 15 heavy (non-hydrogen) atoms. The van der Waals surface area contributed by atoms with Gasteiger partial charge in [0, 0.05) is 11.8 Å². The number of rotatable bonds is 3. The third-order valence-corrected chi connectivity index (χ3v) is 3.60. The smallest absolute Gasteiger partial charge is 0.307 e. The van der Waals surface area contributed by atoms with Gasteiger partial charge in [0.2, 0.25) is 0 Å². The number of hydrogen-bond acceptors (Lipinski definition) is 2. The summed E-state index contributed by atoms with van der Waals surface area (Å²) in [4.78, 5) is 10.7. The highest BCUT2D eigenvalue weighted by atomic mass is 16.4. The summed E-state index contributed by atoms with van der Waals surface area (Å²) in [6.45, 7) is 2.21. The molecule has 0 saturated heterocycles. The van der Waals surface area contributed by atoms with E-state index in [1.165, 1.54) is 6.42 Å². The molecule has 2 fully saturated rings. The molecule has 0 aliphatic heterocycles. The van der Waals surface area contributed by atoms with Gasteiger partial charge in [0.1, 0.15) is 11.5 Å². The normalized spacial score (nSPS) is 37.7. The van der Waals surface area contributed by atoms with Crippen LogP contribution in [0.25, 0.3) is 0 Å². The third-order valence-electron chi connectivity index (χ3n) is 3.60. The van der Waals surface area contributed by atoms with Crippen molar-refractivity contribution in [3.63, 3.8) is 0 Å². The summed E-state index contributed by atoms with van der Waals surface area (Å²) < 4.78 is 5.72. The van der Waals surface area contributed by atoms with Gasteiger partial charge < -0.3 is 9.52 Å². The largest absolute Gasteiger partial charge is 0.481 e. The van der Waals surface area contributed by atoms with Gasteiger partial charge in [0.15, 0.2) is 0 Å². The highest BCUT2D eigenvalue weighted by Crippen LogP contribution is 2.51. The van der Waals surface area contributed by atoms with Gasteiger partial charge in [0.25, 0.3) is 0 Å². The molecule has 2 aliphatic carbocycles. The maximum Gasteiger partial charge on any atom is 0.307 e. The molecule has 1 aromatic rings. The van der Waals surface area contributed by atoms with Crippen LogP contribution in [0, 0.1) is 11.8 Å². The Morgan fingerprint density at radius 1 is 1.33 bits per heavy atom. The van der Waals surface area contributed by atoms with Crippen molar-refractivity contribution >= 4 is 5.97 Å². The number of carboxylic acids is 1. The van der Waals surface area contributed by atoms with E-state index < -0.39 is 5.97 Å². The van der Waals surface area contributed by atoms with Crippen LogP contribution >= 0.6 is 0 Å². The quantitative estimate of drug-likeness (QED) is 0.826. The maximum atomic E-state index is 10.7. The summed E-state index contributed by atoms with van der Waals surface area (Å²) >= 11 is 0. The minimum absolute atomic E-state index is 0.130. The fourth-order valence-electron chi connectivity index (χ4n) is 2.27. The molecule has 2 aliphatic rings. The highest BCUT2D eigenvalue weighted by Gasteiger charge is 2.47. The highest BCUT2D eigenvalue weighted by molar-refractivity contribution is 5.74. The van der Waals surface area contributed by atoms with E-state index in [9.17, 15) is 4.79 Å². The van der Waals surface area contributed by atoms with Crippen LogP contribution in [0.1, 0.15) is 43.1 Å². The SMILES string of the molecule is C[C@@H]1C[C@H]1c1ccc([C@@H]2C[C@@H]2C(=O)O)o1. The molecule has 1 heterocycles. The van der Waals surface area contributed by atoms with Gasteiger partial charge >= 0.3 is 5.97 Å². The standard InChI is InChI=1S/C12H14O3/c1-6-4-7(6)10-2-3-11(15-10)8-5-9(8)12(13)14/h2-3,6-9H,4-5H2,1H3,(H,13,14)/t6-,7-,8-,9+/m1/s1. The van der Waals surface area contributed by atoms with Crippen LogP contribution in [0.4, 0.5) is 0 Å². The lowest BCUT2D eigenvalue weighted by Crippen LogP contribution is -1.98. The molecule has 0 bridgehead atoms. The van der Waals surface area contributed by atoms with Crippen LogP contribution in [0.2, 0.25) is 0 Å². The predicted octanol–water partition coefficient (Wildman–Crippen LogP) is 2.59. The lowest BCUT2D eigenvalue weighted by Gasteiger charge is -1.93. The van der Waals surface area contributed by atoms with E-state index in [1.54, 1.807) is 0 Å². The molecule has 80 valence electrons. The molecule has 1 N–H and O–H groups in total. The lowest BCUT2D eigenvalue weighted by molar-refractivity contribution is -0.138. The zero-order valence-corrected chi connectivity index (χ0v) is 8.64. The zero-order chi connectivity index (χ0) is 10.6. The van der Waals surface area contributed by atoms with Gasteiger partial charge in [0.05, 0.1) is 5.92 Å². The van der Waals surface area contributed by atoms with E-state index >= 15 is 0 Å². The van der Waals surface area contributed by atoms with E-state index in [0.717, 1.165) is 23.9 Å². The lowest BCUT2D eigenvalue weighted by atomic mass is 10.2. The molecule has 3 heteroatoms. The fourth-order valence-corrected chi connectivity index (χ4v) is 2.27. The molecule has 0 amide bonds. The Kier molecular flexibility index (Phi) is 1.73. The van der Waals surface area contributed by atoms with E-state index in [1.807, 2.05) is 12.1 Å². The zero-order valence-electron chi connectivity index (χ0n) is 8.64. The number of carboxylic acid groups (broad SMARTS) is 1. The first-order chi connectivity index (χ1) is 7.16. The first-order valence-electron chi connectivity index (χ1n) is 5.49. The topological polar surface area (TPSA) is 50.4 Å².